The first-order valence-electron chi connectivity index (χ1n) is 10.4. The summed E-state index contributed by atoms with van der Waals surface area (Å²) < 4.78 is 21.1. The Kier molecular flexibility index (Phi) is 7.63. The molecular formula is C26H28N2O6. The van der Waals surface area contributed by atoms with Crippen LogP contribution in [0.1, 0.15) is 22.3 Å². The van der Waals surface area contributed by atoms with E-state index in [4.69, 9.17) is 18.9 Å². The quantitative estimate of drug-likeness (QED) is 0.442. The molecule has 178 valence electrons. The van der Waals surface area contributed by atoms with Gasteiger partial charge in [-0.25, -0.2) is 0 Å². The number of aliphatic imine (C=N–C) groups is 2. The Morgan fingerprint density at radius 3 is 1.29 bits per heavy atom. The predicted molar refractivity (Wildman–Crippen MR) is 133 cm³/mol. The van der Waals surface area contributed by atoms with Crippen molar-refractivity contribution in [3.63, 3.8) is 0 Å². The third-order valence-electron chi connectivity index (χ3n) is 5.36. The number of aryl methyl sites for hydroxylation is 2. The number of nitrogens with zero attached hydrogens (tertiary/aromatic N) is 2. The van der Waals surface area contributed by atoms with E-state index in [1.165, 1.54) is 53.0 Å². The summed E-state index contributed by atoms with van der Waals surface area (Å²) in [6, 6.07) is 10.1. The molecule has 0 atom stereocenters. The minimum atomic E-state index is -0.0262. The molecule has 0 fully saturated rings. The molecule has 0 aliphatic rings. The number of rotatable bonds is 8. The van der Waals surface area contributed by atoms with Gasteiger partial charge >= 0.3 is 0 Å². The number of hydrogen-bond acceptors (Lipinski definition) is 8. The number of methoxy groups -OCH3 is 4. The third kappa shape index (κ3) is 5.23. The van der Waals surface area contributed by atoms with E-state index >= 15 is 0 Å². The van der Waals surface area contributed by atoms with Gasteiger partial charge in [0, 0.05) is 36.7 Å². The van der Waals surface area contributed by atoms with Crippen LogP contribution in [0, 0.1) is 13.8 Å². The number of hydrogen-bond donors (Lipinski definition) is 2. The Morgan fingerprint density at radius 1 is 0.588 bits per heavy atom. The zero-order chi connectivity index (χ0) is 24.8. The first-order valence-corrected chi connectivity index (χ1v) is 10.4. The molecule has 0 radical (unpaired) electrons. The van der Waals surface area contributed by atoms with Gasteiger partial charge in [-0.05, 0) is 37.1 Å². The summed E-state index contributed by atoms with van der Waals surface area (Å²) >= 11 is 0. The second-order valence-electron chi connectivity index (χ2n) is 7.47. The monoisotopic (exact) mass is 464 g/mol. The van der Waals surface area contributed by atoms with Crippen LogP contribution >= 0.6 is 0 Å². The van der Waals surface area contributed by atoms with Crippen LogP contribution in [0.3, 0.4) is 0 Å². The molecule has 0 amide bonds. The Labute approximate surface area is 198 Å². The standard InChI is InChI=1S/C26H28N2O6/c1-15-7-21(27-13-19-23(29)9-17(31-3)11-25(19)33-5)22(8-16(15)2)28-14-20-24(30)10-18(32-4)12-26(20)34-6/h7-14,29-30H,1-6H3. The Balaban J connectivity index is 2.06. The first-order chi connectivity index (χ1) is 16.3. The van der Waals surface area contributed by atoms with Crippen molar-refractivity contribution in [3.05, 3.63) is 58.7 Å². The summed E-state index contributed by atoms with van der Waals surface area (Å²) in [6.45, 7) is 3.96. The highest BCUT2D eigenvalue weighted by atomic mass is 16.5. The average Bonchev–Trinajstić information content (AvgIpc) is 2.83. The lowest BCUT2D eigenvalue weighted by atomic mass is 10.1. The summed E-state index contributed by atoms with van der Waals surface area (Å²) in [4.78, 5) is 9.15. The van der Waals surface area contributed by atoms with E-state index in [9.17, 15) is 10.2 Å². The first kappa shape index (κ1) is 24.4. The lowest BCUT2D eigenvalue weighted by Crippen LogP contribution is -1.94. The van der Waals surface area contributed by atoms with Gasteiger partial charge in [0.15, 0.2) is 0 Å². The van der Waals surface area contributed by atoms with Gasteiger partial charge in [-0.3, -0.25) is 9.98 Å². The highest BCUT2D eigenvalue weighted by Crippen LogP contribution is 2.36. The average molecular weight is 465 g/mol. The van der Waals surface area contributed by atoms with Gasteiger partial charge in [-0.15, -0.1) is 0 Å². The maximum Gasteiger partial charge on any atom is 0.135 e. The second kappa shape index (κ2) is 10.6. The van der Waals surface area contributed by atoms with Gasteiger partial charge in [-0.2, -0.15) is 0 Å². The van der Waals surface area contributed by atoms with Crippen molar-refractivity contribution in [2.45, 2.75) is 13.8 Å². The maximum atomic E-state index is 10.4. The molecule has 0 aliphatic heterocycles. The van der Waals surface area contributed by atoms with E-state index in [0.717, 1.165) is 11.1 Å². The molecule has 0 saturated heterocycles. The van der Waals surface area contributed by atoms with Gasteiger partial charge in [0.1, 0.15) is 34.5 Å². The molecule has 8 heteroatoms. The zero-order valence-corrected chi connectivity index (χ0v) is 20.0. The molecular weight excluding hydrogens is 436 g/mol. The van der Waals surface area contributed by atoms with Crippen molar-refractivity contribution in [2.75, 3.05) is 28.4 Å². The van der Waals surface area contributed by atoms with Gasteiger partial charge in [0.2, 0.25) is 0 Å². The van der Waals surface area contributed by atoms with Crippen molar-refractivity contribution in [3.8, 4) is 34.5 Å². The van der Waals surface area contributed by atoms with Crippen LogP contribution in [0.25, 0.3) is 0 Å². The van der Waals surface area contributed by atoms with Crippen molar-refractivity contribution in [1.82, 2.24) is 0 Å². The fourth-order valence-electron chi connectivity index (χ4n) is 3.27. The minimum absolute atomic E-state index is 0.0262. The minimum Gasteiger partial charge on any atom is -0.507 e. The molecule has 2 N–H and O–H groups in total. The van der Waals surface area contributed by atoms with E-state index in [2.05, 4.69) is 9.98 Å². The molecule has 0 aliphatic carbocycles. The predicted octanol–water partition coefficient (Wildman–Crippen LogP) is 5.25. The normalized spacial score (nSPS) is 11.2. The van der Waals surface area contributed by atoms with Gasteiger partial charge in [-0.1, -0.05) is 0 Å². The number of ether oxygens (including phenoxy) is 4. The molecule has 3 rings (SSSR count). The van der Waals surface area contributed by atoms with Crippen molar-refractivity contribution < 1.29 is 29.2 Å². The van der Waals surface area contributed by atoms with Crippen LogP contribution in [-0.4, -0.2) is 51.1 Å². The third-order valence-corrected chi connectivity index (χ3v) is 5.36. The Bertz CT molecular complexity index is 1150. The fourth-order valence-corrected chi connectivity index (χ4v) is 3.27. The highest BCUT2D eigenvalue weighted by Gasteiger charge is 2.13. The molecule has 0 aromatic heterocycles. The van der Waals surface area contributed by atoms with Crippen LogP contribution in [-0.2, 0) is 0 Å². The molecule has 0 spiro atoms. The molecule has 3 aromatic rings. The maximum absolute atomic E-state index is 10.4. The van der Waals surface area contributed by atoms with E-state index in [1.54, 1.807) is 12.1 Å². The summed E-state index contributed by atoms with van der Waals surface area (Å²) in [7, 11) is 6.03. The number of phenols is 2. The SMILES string of the molecule is COc1cc(O)c(C=Nc2cc(C)c(C)cc2N=Cc2c(O)cc(OC)cc2OC)c(OC)c1. The topological polar surface area (TPSA) is 102 Å². The lowest BCUT2D eigenvalue weighted by molar-refractivity contribution is 0.384. The smallest absolute Gasteiger partial charge is 0.135 e. The van der Waals surface area contributed by atoms with Crippen LogP contribution in [0.5, 0.6) is 34.5 Å². The van der Waals surface area contributed by atoms with Gasteiger partial charge < -0.3 is 29.2 Å². The van der Waals surface area contributed by atoms with Crippen LogP contribution in [0.15, 0.2) is 46.4 Å². The van der Waals surface area contributed by atoms with Crippen molar-refractivity contribution in [2.24, 2.45) is 9.98 Å². The van der Waals surface area contributed by atoms with Crippen molar-refractivity contribution >= 4 is 23.8 Å². The van der Waals surface area contributed by atoms with E-state index in [1.807, 2.05) is 26.0 Å². The Hall–Kier alpha value is -4.20. The van der Waals surface area contributed by atoms with Crippen LogP contribution in [0.2, 0.25) is 0 Å². The molecule has 34 heavy (non-hydrogen) atoms. The summed E-state index contributed by atoms with van der Waals surface area (Å²) in [5.41, 5.74) is 4.02. The van der Waals surface area contributed by atoms with Crippen LogP contribution in [0.4, 0.5) is 11.4 Å². The van der Waals surface area contributed by atoms with E-state index in [0.29, 0.717) is 45.5 Å². The summed E-state index contributed by atoms with van der Waals surface area (Å²) in [6.07, 6.45) is 3.03. The van der Waals surface area contributed by atoms with E-state index < -0.39 is 0 Å². The highest BCUT2D eigenvalue weighted by molar-refractivity contribution is 5.93. The van der Waals surface area contributed by atoms with Crippen molar-refractivity contribution in [1.29, 1.82) is 0 Å². The number of phenolic OH excluding ortho intramolecular Hbond substituents is 2. The number of benzene rings is 3. The molecule has 0 heterocycles. The zero-order valence-electron chi connectivity index (χ0n) is 20.0. The molecule has 0 bridgehead atoms. The molecule has 3 aromatic carbocycles. The lowest BCUT2D eigenvalue weighted by Gasteiger charge is -2.11. The van der Waals surface area contributed by atoms with E-state index in [-0.39, 0.29) is 11.5 Å². The second-order valence-corrected chi connectivity index (χ2v) is 7.47. The summed E-state index contributed by atoms with van der Waals surface area (Å²) in [5.74, 6) is 1.72. The van der Waals surface area contributed by atoms with Gasteiger partial charge in [0.25, 0.3) is 0 Å². The molecule has 0 saturated carbocycles. The summed E-state index contributed by atoms with van der Waals surface area (Å²) in [5, 5.41) is 20.9. The largest absolute Gasteiger partial charge is 0.507 e. The fraction of sp³-hybridized carbons (Fsp3) is 0.231. The Morgan fingerprint density at radius 2 is 0.971 bits per heavy atom. The molecule has 0 unspecified atom stereocenters. The van der Waals surface area contributed by atoms with Gasteiger partial charge in [0.05, 0.1) is 50.9 Å². The van der Waals surface area contributed by atoms with Crippen LogP contribution < -0.4 is 18.9 Å². The molecule has 8 nitrogen and oxygen atoms in total. The number of aromatic hydroxyl groups is 2.